The third-order valence-electron chi connectivity index (χ3n) is 2.81. The zero-order valence-electron chi connectivity index (χ0n) is 10.5. The molecule has 0 bridgehead atoms. The fourth-order valence-corrected chi connectivity index (χ4v) is 2.07. The summed E-state index contributed by atoms with van der Waals surface area (Å²) in [7, 11) is 0. The summed E-state index contributed by atoms with van der Waals surface area (Å²) in [5.41, 5.74) is 9.02. The van der Waals surface area contributed by atoms with Crippen LogP contribution in [0.5, 0.6) is 11.5 Å². The molecule has 2 rings (SSSR count). The number of aryl methyl sites for hydroxylation is 2. The Morgan fingerprint density at radius 1 is 1.06 bits per heavy atom. The van der Waals surface area contributed by atoms with Gasteiger partial charge in [0.05, 0.1) is 0 Å². The highest BCUT2D eigenvalue weighted by Crippen LogP contribution is 2.30. The van der Waals surface area contributed by atoms with E-state index in [1.165, 1.54) is 5.56 Å². The fraction of sp³-hybridized carbons (Fsp3) is 0.200. The molecule has 0 amide bonds. The van der Waals surface area contributed by atoms with E-state index >= 15 is 0 Å². The van der Waals surface area contributed by atoms with E-state index in [0.29, 0.717) is 6.54 Å². The summed E-state index contributed by atoms with van der Waals surface area (Å²) >= 11 is 3.45. The van der Waals surface area contributed by atoms with Gasteiger partial charge in [0, 0.05) is 16.6 Å². The molecule has 0 aliphatic rings. The van der Waals surface area contributed by atoms with Gasteiger partial charge in [-0.05, 0) is 43.2 Å². The first-order chi connectivity index (χ1) is 8.60. The molecule has 0 fully saturated rings. The zero-order valence-corrected chi connectivity index (χ0v) is 12.1. The topological polar surface area (TPSA) is 35.2 Å². The molecule has 0 spiro atoms. The van der Waals surface area contributed by atoms with E-state index in [9.17, 15) is 0 Å². The molecule has 2 aromatic rings. The van der Waals surface area contributed by atoms with Gasteiger partial charge in [-0.3, -0.25) is 0 Å². The molecule has 0 saturated heterocycles. The van der Waals surface area contributed by atoms with Gasteiger partial charge in [0.15, 0.2) is 0 Å². The Labute approximate surface area is 116 Å². The lowest BCUT2D eigenvalue weighted by Gasteiger charge is -2.13. The average molecular weight is 306 g/mol. The highest BCUT2D eigenvalue weighted by Gasteiger charge is 2.07. The number of rotatable bonds is 3. The van der Waals surface area contributed by atoms with Crippen LogP contribution in [0.1, 0.15) is 16.7 Å². The quantitative estimate of drug-likeness (QED) is 0.916. The number of ether oxygens (including phenoxy) is 1. The van der Waals surface area contributed by atoms with Crippen LogP contribution in [0.15, 0.2) is 40.9 Å². The third kappa shape index (κ3) is 2.92. The van der Waals surface area contributed by atoms with E-state index in [1.807, 2.05) is 31.2 Å². The molecule has 2 nitrogen and oxygen atoms in total. The van der Waals surface area contributed by atoms with Gasteiger partial charge in [-0.15, -0.1) is 0 Å². The lowest BCUT2D eigenvalue weighted by molar-refractivity contribution is 0.472. The summed E-state index contributed by atoms with van der Waals surface area (Å²) in [5.74, 6) is 1.68. The molecular formula is C15H16BrNO. The molecule has 18 heavy (non-hydrogen) atoms. The van der Waals surface area contributed by atoms with Gasteiger partial charge in [-0.1, -0.05) is 34.1 Å². The van der Waals surface area contributed by atoms with E-state index < -0.39 is 0 Å². The van der Waals surface area contributed by atoms with Crippen molar-refractivity contribution in [3.63, 3.8) is 0 Å². The summed E-state index contributed by atoms with van der Waals surface area (Å²) in [6.07, 6.45) is 0. The Hall–Kier alpha value is -1.32. The smallest absolute Gasteiger partial charge is 0.133 e. The van der Waals surface area contributed by atoms with Crippen molar-refractivity contribution in [3.8, 4) is 11.5 Å². The predicted molar refractivity (Wildman–Crippen MR) is 78.0 cm³/mol. The van der Waals surface area contributed by atoms with Crippen molar-refractivity contribution < 1.29 is 4.74 Å². The summed E-state index contributed by atoms with van der Waals surface area (Å²) in [6, 6.07) is 12.1. The van der Waals surface area contributed by atoms with Crippen molar-refractivity contribution in [1.29, 1.82) is 0 Å². The van der Waals surface area contributed by atoms with Crippen LogP contribution in [0.25, 0.3) is 0 Å². The molecule has 2 N–H and O–H groups in total. The molecule has 2 aromatic carbocycles. The number of halogens is 1. The van der Waals surface area contributed by atoms with Crippen LogP contribution in [0.2, 0.25) is 0 Å². The Morgan fingerprint density at radius 3 is 2.56 bits per heavy atom. The van der Waals surface area contributed by atoms with Crippen LogP contribution < -0.4 is 10.5 Å². The standard InChI is InChI=1S/C15H16BrNO/c1-10-3-4-11(2)14(7-10)18-15-8-13(16)6-5-12(15)9-17/h3-8H,9,17H2,1-2H3. The first-order valence-corrected chi connectivity index (χ1v) is 6.63. The monoisotopic (exact) mass is 305 g/mol. The summed E-state index contributed by atoms with van der Waals surface area (Å²) in [4.78, 5) is 0. The number of nitrogens with two attached hydrogens (primary N) is 1. The van der Waals surface area contributed by atoms with Crippen LogP contribution in [-0.2, 0) is 6.54 Å². The highest BCUT2D eigenvalue weighted by atomic mass is 79.9. The molecule has 0 unspecified atom stereocenters. The molecule has 3 heteroatoms. The minimum absolute atomic E-state index is 0.466. The first-order valence-electron chi connectivity index (χ1n) is 5.84. The van der Waals surface area contributed by atoms with Crippen LogP contribution in [0.3, 0.4) is 0 Å². The molecule has 0 atom stereocenters. The molecule has 0 aliphatic heterocycles. The molecule has 0 aromatic heterocycles. The average Bonchev–Trinajstić information content (AvgIpc) is 2.34. The maximum Gasteiger partial charge on any atom is 0.133 e. The minimum Gasteiger partial charge on any atom is -0.457 e. The van der Waals surface area contributed by atoms with Crippen LogP contribution in [0, 0.1) is 13.8 Å². The van der Waals surface area contributed by atoms with E-state index in [2.05, 4.69) is 35.0 Å². The molecule has 0 saturated carbocycles. The molecule has 0 aliphatic carbocycles. The Bertz CT molecular complexity index is 566. The molecule has 0 heterocycles. The Morgan fingerprint density at radius 2 is 1.83 bits per heavy atom. The largest absolute Gasteiger partial charge is 0.457 e. The lowest BCUT2D eigenvalue weighted by Crippen LogP contribution is -2.00. The van der Waals surface area contributed by atoms with E-state index in [0.717, 1.165) is 27.1 Å². The SMILES string of the molecule is Cc1ccc(C)c(Oc2cc(Br)ccc2CN)c1. The van der Waals surface area contributed by atoms with Gasteiger partial charge < -0.3 is 10.5 Å². The predicted octanol–water partition coefficient (Wildman–Crippen LogP) is 4.32. The first kappa shape index (κ1) is 13.1. The highest BCUT2D eigenvalue weighted by molar-refractivity contribution is 9.10. The zero-order chi connectivity index (χ0) is 13.1. The van der Waals surface area contributed by atoms with E-state index in [1.54, 1.807) is 0 Å². The second-order valence-corrected chi connectivity index (χ2v) is 5.24. The van der Waals surface area contributed by atoms with Crippen molar-refractivity contribution >= 4 is 15.9 Å². The Balaban J connectivity index is 2.38. The van der Waals surface area contributed by atoms with Gasteiger partial charge in [-0.25, -0.2) is 0 Å². The van der Waals surface area contributed by atoms with Gasteiger partial charge in [0.2, 0.25) is 0 Å². The van der Waals surface area contributed by atoms with Gasteiger partial charge in [0.25, 0.3) is 0 Å². The molecule has 94 valence electrons. The van der Waals surface area contributed by atoms with Crippen LogP contribution in [-0.4, -0.2) is 0 Å². The number of hydrogen-bond acceptors (Lipinski definition) is 2. The van der Waals surface area contributed by atoms with Crippen molar-refractivity contribution in [2.45, 2.75) is 20.4 Å². The third-order valence-corrected chi connectivity index (χ3v) is 3.31. The maximum atomic E-state index is 5.98. The maximum absolute atomic E-state index is 5.98. The van der Waals surface area contributed by atoms with Gasteiger partial charge in [-0.2, -0.15) is 0 Å². The lowest BCUT2D eigenvalue weighted by atomic mass is 10.1. The van der Waals surface area contributed by atoms with Gasteiger partial charge in [0.1, 0.15) is 11.5 Å². The summed E-state index contributed by atoms with van der Waals surface area (Å²) < 4.78 is 6.97. The van der Waals surface area contributed by atoms with Crippen LogP contribution >= 0.6 is 15.9 Å². The van der Waals surface area contributed by atoms with E-state index in [4.69, 9.17) is 10.5 Å². The molecule has 0 radical (unpaired) electrons. The number of hydrogen-bond donors (Lipinski definition) is 1. The van der Waals surface area contributed by atoms with Crippen LogP contribution in [0.4, 0.5) is 0 Å². The Kier molecular flexibility index (Phi) is 4.04. The normalized spacial score (nSPS) is 10.4. The van der Waals surface area contributed by atoms with E-state index in [-0.39, 0.29) is 0 Å². The van der Waals surface area contributed by atoms with Crippen molar-refractivity contribution in [3.05, 3.63) is 57.6 Å². The second-order valence-electron chi connectivity index (χ2n) is 4.33. The van der Waals surface area contributed by atoms with Crippen molar-refractivity contribution in [2.75, 3.05) is 0 Å². The van der Waals surface area contributed by atoms with Crippen molar-refractivity contribution in [1.82, 2.24) is 0 Å². The molecular weight excluding hydrogens is 290 g/mol. The summed E-state index contributed by atoms with van der Waals surface area (Å²) in [5, 5.41) is 0. The van der Waals surface area contributed by atoms with Crippen molar-refractivity contribution in [2.24, 2.45) is 5.73 Å². The second kappa shape index (κ2) is 5.55. The van der Waals surface area contributed by atoms with Gasteiger partial charge >= 0.3 is 0 Å². The fourth-order valence-electron chi connectivity index (χ4n) is 1.73. The summed E-state index contributed by atoms with van der Waals surface area (Å²) in [6.45, 7) is 4.55. The number of benzene rings is 2. The minimum atomic E-state index is 0.466.